The van der Waals surface area contributed by atoms with Crippen LogP contribution in [-0.2, 0) is 24.9 Å². The first kappa shape index (κ1) is 46.4. The van der Waals surface area contributed by atoms with Crippen LogP contribution >= 0.6 is 7.26 Å². The molecule has 0 spiro atoms. The molecule has 0 saturated carbocycles. The number of anilines is 1. The van der Waals surface area contributed by atoms with Crippen LogP contribution in [0.15, 0.2) is 53.2 Å². The van der Waals surface area contributed by atoms with Crippen LogP contribution in [0.25, 0.3) is 0 Å². The van der Waals surface area contributed by atoms with Gasteiger partial charge in [-0.05, 0) is 73.2 Å². The molecule has 0 radical (unpaired) electrons. The number of nitrogens with zero attached hydrogens (tertiary/aromatic N) is 1. The zero-order chi connectivity index (χ0) is 40.7. The number of nitrogens with one attached hydrogen (secondary N) is 1. The molecule has 1 N–H and O–H groups in total. The zero-order valence-electron chi connectivity index (χ0n) is 36.5. The lowest BCUT2D eigenvalue weighted by Gasteiger charge is -2.47. The van der Waals surface area contributed by atoms with Gasteiger partial charge in [0.2, 0.25) is 14.2 Å². The first-order chi connectivity index (χ1) is 26.8. The largest absolute Gasteiger partial charge is 0.445 e. The lowest BCUT2D eigenvalue weighted by atomic mass is 9.91. The third kappa shape index (κ3) is 13.4. The van der Waals surface area contributed by atoms with Crippen LogP contribution in [0.3, 0.4) is 0 Å². The standard InChI is InChI=1S/C47H75N2O5PSi/c1-11-14-25-55(26-15-12-2,27-16-13-3)34-47-49-44(33-51-47)45-32-43(54-56(35(4)5,36(6)7)37(8)9)31-42(53-45)30-41-29-38(10)28-40(52-41)23-20-24-46(50)48-39-21-18-17-19-22-39/h17-19,21-22,33,35-37,40-43,45H,10-16,23,25-32,34H2,1-9H3/p+1/t40-,41+,42+,43-,45+/m0/s1. The summed E-state index contributed by atoms with van der Waals surface area (Å²) < 4.78 is 27.6. The molecule has 0 unspecified atom stereocenters. The van der Waals surface area contributed by atoms with E-state index in [1.165, 1.54) is 57.0 Å². The van der Waals surface area contributed by atoms with Crippen molar-refractivity contribution in [2.24, 2.45) is 0 Å². The van der Waals surface area contributed by atoms with Crippen molar-refractivity contribution in [3.05, 3.63) is 60.3 Å². The summed E-state index contributed by atoms with van der Waals surface area (Å²) in [4.78, 5) is 17.7. The molecule has 2 fully saturated rings. The molecule has 0 bridgehead atoms. The fraction of sp³-hybridized carbons (Fsp3) is 0.702. The molecular weight excluding hydrogens is 732 g/mol. The van der Waals surface area contributed by atoms with Gasteiger partial charge in [-0.1, -0.05) is 118 Å². The van der Waals surface area contributed by atoms with Gasteiger partial charge in [0, 0.05) is 32.2 Å². The van der Waals surface area contributed by atoms with E-state index in [1.54, 1.807) is 0 Å². The predicted octanol–water partition coefficient (Wildman–Crippen LogP) is 12.9. The monoisotopic (exact) mass is 808 g/mol. The predicted molar refractivity (Wildman–Crippen MR) is 238 cm³/mol. The SMILES string of the molecule is C=C1C[C@H](C[C@@H]2C[C@H](O[Si](C(C)C)(C(C)C)C(C)C)C[C@H](c3coc(C[P+](CCCC)(CCCC)CCCC)n3)O2)O[C@@H](CC#CC(=O)Nc2ccccc2)C1. The summed E-state index contributed by atoms with van der Waals surface area (Å²) in [5.41, 5.74) is 4.30. The van der Waals surface area contributed by atoms with E-state index in [4.69, 9.17) is 23.3 Å². The molecule has 2 aliphatic heterocycles. The zero-order valence-corrected chi connectivity index (χ0v) is 38.4. The summed E-state index contributed by atoms with van der Waals surface area (Å²) in [5, 5.41) is 2.84. The van der Waals surface area contributed by atoms with Gasteiger partial charge in [-0.3, -0.25) is 4.79 Å². The van der Waals surface area contributed by atoms with Crippen LogP contribution in [0.5, 0.6) is 0 Å². The third-order valence-electron chi connectivity index (χ3n) is 12.3. The van der Waals surface area contributed by atoms with Gasteiger partial charge in [0.15, 0.2) is 0 Å². The first-order valence-electron chi connectivity index (χ1n) is 22.1. The summed E-state index contributed by atoms with van der Waals surface area (Å²) in [6.07, 6.45) is 18.6. The molecule has 56 heavy (non-hydrogen) atoms. The number of para-hydroxylation sites is 1. The van der Waals surface area contributed by atoms with Crippen molar-refractivity contribution in [3.8, 4) is 11.8 Å². The van der Waals surface area contributed by atoms with Crippen LogP contribution in [-0.4, -0.2) is 62.1 Å². The Balaban J connectivity index is 1.53. The van der Waals surface area contributed by atoms with Gasteiger partial charge in [0.25, 0.3) is 5.91 Å². The molecule has 0 aliphatic carbocycles. The maximum atomic E-state index is 12.5. The van der Waals surface area contributed by atoms with E-state index in [1.807, 2.05) is 36.6 Å². The number of hydrogen-bond acceptors (Lipinski definition) is 6. The molecule has 2 aromatic rings. The molecule has 1 aromatic carbocycles. The fourth-order valence-corrected chi connectivity index (χ4v) is 20.0. The van der Waals surface area contributed by atoms with Crippen LogP contribution in [0, 0.1) is 11.8 Å². The molecule has 9 heteroatoms. The Morgan fingerprint density at radius 1 is 0.893 bits per heavy atom. The van der Waals surface area contributed by atoms with Crippen LogP contribution in [0.2, 0.25) is 16.6 Å². The van der Waals surface area contributed by atoms with E-state index in [-0.39, 0.29) is 36.4 Å². The average molecular weight is 808 g/mol. The molecule has 4 rings (SSSR count). The van der Waals surface area contributed by atoms with Gasteiger partial charge in [0.05, 0.1) is 42.9 Å². The molecule has 3 heterocycles. The Morgan fingerprint density at radius 2 is 1.50 bits per heavy atom. The lowest BCUT2D eigenvalue weighted by Crippen LogP contribution is -2.52. The van der Waals surface area contributed by atoms with Gasteiger partial charge in [0.1, 0.15) is 24.2 Å². The molecule has 1 aromatic heterocycles. The molecule has 7 nitrogen and oxygen atoms in total. The number of carbonyl (C=O) groups is 1. The number of carbonyl (C=O) groups excluding carboxylic acids is 1. The van der Waals surface area contributed by atoms with E-state index in [9.17, 15) is 4.79 Å². The Kier molecular flexibility index (Phi) is 18.9. The van der Waals surface area contributed by atoms with Gasteiger partial charge >= 0.3 is 0 Å². The molecule has 312 valence electrons. The number of unbranched alkanes of at least 4 members (excludes halogenated alkanes) is 3. The number of hydrogen-bond donors (Lipinski definition) is 1. The minimum absolute atomic E-state index is 0.0399. The van der Waals surface area contributed by atoms with E-state index >= 15 is 0 Å². The quantitative estimate of drug-likeness (QED) is 0.0585. The van der Waals surface area contributed by atoms with Crippen molar-refractivity contribution in [1.29, 1.82) is 0 Å². The topological polar surface area (TPSA) is 82.8 Å². The van der Waals surface area contributed by atoms with Gasteiger partial charge in [-0.25, -0.2) is 4.98 Å². The van der Waals surface area contributed by atoms with Crippen molar-refractivity contribution in [1.82, 2.24) is 4.98 Å². The second-order valence-corrected chi connectivity index (χ2v) is 27.5. The van der Waals surface area contributed by atoms with Gasteiger partial charge < -0.3 is 23.6 Å². The lowest BCUT2D eigenvalue weighted by molar-refractivity contribution is -0.125. The number of benzene rings is 1. The van der Waals surface area contributed by atoms with Gasteiger partial charge in [-0.15, -0.1) is 0 Å². The van der Waals surface area contributed by atoms with Crippen LogP contribution < -0.4 is 5.32 Å². The number of aromatic nitrogens is 1. The highest BCUT2D eigenvalue weighted by Crippen LogP contribution is 2.63. The molecule has 5 atom stereocenters. The smallest absolute Gasteiger partial charge is 0.300 e. The summed E-state index contributed by atoms with van der Waals surface area (Å²) in [7, 11) is -3.37. The van der Waals surface area contributed by atoms with Crippen LogP contribution in [0.1, 0.15) is 157 Å². The number of ether oxygens (including phenoxy) is 2. The minimum Gasteiger partial charge on any atom is -0.445 e. The van der Waals surface area contributed by atoms with Gasteiger partial charge in [-0.2, -0.15) is 0 Å². The minimum atomic E-state index is -2.15. The second kappa shape index (κ2) is 22.8. The van der Waals surface area contributed by atoms with Crippen LogP contribution in [0.4, 0.5) is 5.69 Å². The number of amides is 1. The normalized spacial score (nSPS) is 22.1. The highest BCUT2D eigenvalue weighted by Gasteiger charge is 2.48. The molecular formula is C47H76N2O5PSi+. The highest BCUT2D eigenvalue weighted by atomic mass is 31.2. The summed E-state index contributed by atoms with van der Waals surface area (Å²) in [6.45, 7) is 25.5. The molecule has 2 saturated heterocycles. The summed E-state index contributed by atoms with van der Waals surface area (Å²) in [6, 6.07) is 9.41. The average Bonchev–Trinajstić information content (AvgIpc) is 3.62. The highest BCUT2D eigenvalue weighted by molar-refractivity contribution is 7.75. The fourth-order valence-electron chi connectivity index (χ4n) is 9.57. The van der Waals surface area contributed by atoms with Crippen molar-refractivity contribution in [3.63, 3.8) is 0 Å². The third-order valence-corrected chi connectivity index (χ3v) is 23.2. The Labute approximate surface area is 342 Å². The first-order valence-corrected chi connectivity index (χ1v) is 26.8. The second-order valence-electron chi connectivity index (χ2n) is 17.8. The van der Waals surface area contributed by atoms with Crippen molar-refractivity contribution < 1.29 is 23.1 Å². The Bertz CT molecular complexity index is 1500. The van der Waals surface area contributed by atoms with E-state index in [0.29, 0.717) is 23.0 Å². The maximum Gasteiger partial charge on any atom is 0.300 e. The molecule has 1 amide bonds. The molecule has 2 aliphatic rings. The summed E-state index contributed by atoms with van der Waals surface area (Å²) in [5.74, 6) is 6.42. The van der Waals surface area contributed by atoms with E-state index in [0.717, 1.165) is 61.1 Å². The van der Waals surface area contributed by atoms with Crippen molar-refractivity contribution in [2.45, 2.75) is 193 Å². The van der Waals surface area contributed by atoms with E-state index in [2.05, 4.69) is 86.1 Å². The van der Waals surface area contributed by atoms with E-state index < -0.39 is 15.6 Å². The van der Waals surface area contributed by atoms with Crippen molar-refractivity contribution >= 4 is 27.2 Å². The number of rotatable bonds is 21. The Hall–Kier alpha value is -2.27. The number of oxazole rings is 1. The maximum absolute atomic E-state index is 12.5. The van der Waals surface area contributed by atoms with Crippen molar-refractivity contribution in [2.75, 3.05) is 23.8 Å². The summed E-state index contributed by atoms with van der Waals surface area (Å²) >= 11 is 0. The Morgan fingerprint density at radius 3 is 2.09 bits per heavy atom.